The summed E-state index contributed by atoms with van der Waals surface area (Å²) in [7, 11) is 0. The van der Waals surface area contributed by atoms with E-state index in [1.54, 1.807) is 18.2 Å². The molecule has 1 aliphatic heterocycles. The summed E-state index contributed by atoms with van der Waals surface area (Å²) in [6, 6.07) is 13.5. The molecule has 2 N–H and O–H groups in total. The maximum atomic E-state index is 13.9. The van der Waals surface area contributed by atoms with Gasteiger partial charge in [-0.25, -0.2) is 9.37 Å². The minimum Gasteiger partial charge on any atom is -0.356 e. The molecule has 1 aromatic heterocycles. The van der Waals surface area contributed by atoms with Crippen molar-refractivity contribution in [1.29, 1.82) is 0 Å². The summed E-state index contributed by atoms with van der Waals surface area (Å²) in [5, 5.41) is 6.21. The van der Waals surface area contributed by atoms with Crippen LogP contribution in [0, 0.1) is 12.7 Å². The molecule has 1 fully saturated rings. The fraction of sp³-hybridized carbons (Fsp3) is 0.261. The average molecular weight is 440 g/mol. The van der Waals surface area contributed by atoms with Gasteiger partial charge < -0.3 is 15.5 Å². The lowest BCUT2D eigenvalue weighted by atomic mass is 10.1. The smallest absolute Gasteiger partial charge is 0.229 e. The van der Waals surface area contributed by atoms with E-state index in [9.17, 15) is 9.18 Å². The summed E-state index contributed by atoms with van der Waals surface area (Å²) in [4.78, 5) is 23.6. The van der Waals surface area contributed by atoms with Gasteiger partial charge in [0.2, 0.25) is 11.9 Å². The zero-order valence-electron chi connectivity index (χ0n) is 17.2. The lowest BCUT2D eigenvalue weighted by molar-refractivity contribution is -0.115. The van der Waals surface area contributed by atoms with E-state index in [4.69, 9.17) is 11.6 Å². The van der Waals surface area contributed by atoms with Crippen LogP contribution in [0.3, 0.4) is 0 Å². The first-order chi connectivity index (χ1) is 15.0. The molecule has 1 amide bonds. The molecule has 2 aromatic carbocycles. The van der Waals surface area contributed by atoms with Crippen LogP contribution in [0.5, 0.6) is 0 Å². The Morgan fingerprint density at radius 2 is 1.81 bits per heavy atom. The molecule has 4 rings (SSSR count). The number of benzene rings is 2. The van der Waals surface area contributed by atoms with Crippen LogP contribution >= 0.6 is 11.6 Å². The van der Waals surface area contributed by atoms with Gasteiger partial charge in [0.05, 0.1) is 6.42 Å². The summed E-state index contributed by atoms with van der Waals surface area (Å²) in [5.74, 6) is 0.634. The Kier molecular flexibility index (Phi) is 6.32. The van der Waals surface area contributed by atoms with Gasteiger partial charge in [-0.15, -0.1) is 0 Å². The van der Waals surface area contributed by atoms with Crippen LogP contribution in [0.1, 0.15) is 24.1 Å². The Morgan fingerprint density at radius 1 is 1.10 bits per heavy atom. The Bertz CT molecular complexity index is 1060. The number of hydrogen-bond acceptors (Lipinski definition) is 5. The number of hydrogen-bond donors (Lipinski definition) is 2. The van der Waals surface area contributed by atoms with Crippen LogP contribution in [-0.4, -0.2) is 29.0 Å². The van der Waals surface area contributed by atoms with Gasteiger partial charge in [-0.05, 0) is 56.2 Å². The van der Waals surface area contributed by atoms with Gasteiger partial charge in [0.25, 0.3) is 0 Å². The predicted molar refractivity (Wildman–Crippen MR) is 122 cm³/mol. The number of carbonyl (C=O) groups is 1. The van der Waals surface area contributed by atoms with E-state index in [0.717, 1.165) is 30.3 Å². The van der Waals surface area contributed by atoms with E-state index in [-0.39, 0.29) is 22.9 Å². The molecular formula is C23H23ClFN5O. The second kappa shape index (κ2) is 9.31. The molecule has 0 saturated carbocycles. The predicted octanol–water partition coefficient (Wildman–Crippen LogP) is 5.10. The van der Waals surface area contributed by atoms with Crippen molar-refractivity contribution in [2.45, 2.75) is 26.2 Å². The second-order valence-corrected chi connectivity index (χ2v) is 7.92. The molecule has 31 heavy (non-hydrogen) atoms. The van der Waals surface area contributed by atoms with Crippen molar-refractivity contribution in [3.8, 4) is 0 Å². The Hall–Kier alpha value is -3.19. The van der Waals surface area contributed by atoms with Gasteiger partial charge in [-0.1, -0.05) is 17.7 Å². The van der Waals surface area contributed by atoms with E-state index >= 15 is 0 Å². The number of aromatic nitrogens is 2. The lowest BCUT2D eigenvalue weighted by Crippen LogP contribution is -2.19. The van der Waals surface area contributed by atoms with E-state index in [1.165, 1.54) is 25.0 Å². The minimum atomic E-state index is -0.492. The summed E-state index contributed by atoms with van der Waals surface area (Å²) in [6.45, 7) is 3.98. The molecule has 0 spiro atoms. The maximum absolute atomic E-state index is 13.9. The first kappa shape index (κ1) is 21.1. The van der Waals surface area contributed by atoms with Crippen LogP contribution in [0.15, 0.2) is 48.5 Å². The van der Waals surface area contributed by atoms with Gasteiger partial charge in [-0.2, -0.15) is 4.98 Å². The van der Waals surface area contributed by atoms with Crippen LogP contribution in [-0.2, 0) is 11.2 Å². The van der Waals surface area contributed by atoms with Crippen molar-refractivity contribution in [1.82, 2.24) is 9.97 Å². The van der Waals surface area contributed by atoms with Crippen molar-refractivity contribution >= 4 is 40.6 Å². The van der Waals surface area contributed by atoms with Gasteiger partial charge in [0.1, 0.15) is 11.6 Å². The summed E-state index contributed by atoms with van der Waals surface area (Å²) < 4.78 is 13.9. The molecule has 0 atom stereocenters. The van der Waals surface area contributed by atoms with Crippen molar-refractivity contribution in [2.24, 2.45) is 0 Å². The highest BCUT2D eigenvalue weighted by Crippen LogP contribution is 2.23. The molecule has 0 aliphatic carbocycles. The maximum Gasteiger partial charge on any atom is 0.229 e. The molecular weight excluding hydrogens is 417 g/mol. The monoisotopic (exact) mass is 439 g/mol. The zero-order chi connectivity index (χ0) is 21.8. The quantitative estimate of drug-likeness (QED) is 0.559. The second-order valence-electron chi connectivity index (χ2n) is 7.51. The van der Waals surface area contributed by atoms with Crippen LogP contribution in [0.25, 0.3) is 0 Å². The van der Waals surface area contributed by atoms with E-state index in [0.29, 0.717) is 11.6 Å². The Balaban J connectivity index is 1.40. The molecule has 1 saturated heterocycles. The number of halogens is 2. The summed E-state index contributed by atoms with van der Waals surface area (Å²) in [6.07, 6.45) is 2.23. The van der Waals surface area contributed by atoms with Gasteiger partial charge in [-0.3, -0.25) is 4.79 Å². The fourth-order valence-electron chi connectivity index (χ4n) is 3.55. The van der Waals surface area contributed by atoms with Crippen molar-refractivity contribution < 1.29 is 9.18 Å². The third-order valence-corrected chi connectivity index (χ3v) is 5.45. The summed E-state index contributed by atoms with van der Waals surface area (Å²) >= 11 is 5.99. The van der Waals surface area contributed by atoms with Gasteiger partial charge >= 0.3 is 0 Å². The normalized spacial score (nSPS) is 13.3. The van der Waals surface area contributed by atoms with Crippen LogP contribution < -0.4 is 15.5 Å². The third-order valence-electron chi connectivity index (χ3n) is 5.09. The third kappa shape index (κ3) is 5.30. The zero-order valence-corrected chi connectivity index (χ0v) is 17.9. The first-order valence-electron chi connectivity index (χ1n) is 10.2. The molecule has 160 valence electrons. The molecule has 3 aromatic rings. The van der Waals surface area contributed by atoms with Crippen molar-refractivity contribution in [3.05, 3.63) is 70.6 Å². The highest BCUT2D eigenvalue weighted by Gasteiger charge is 2.15. The Labute approximate surface area is 185 Å². The summed E-state index contributed by atoms with van der Waals surface area (Å²) in [5.41, 5.74) is 2.49. The van der Waals surface area contributed by atoms with Gasteiger partial charge in [0, 0.05) is 46.8 Å². The number of aryl methyl sites for hydroxylation is 1. The standard InChI is InChI=1S/C23H23ClFN5O/c1-15-13-21(30-11-2-3-12-30)29-23(26-15)28-17-9-7-16(8-10-17)27-22(31)14-18-19(24)5-4-6-20(18)25/h4-10,13H,2-3,11-12,14H2,1H3,(H,27,31)(H,26,28,29). The number of amides is 1. The highest BCUT2D eigenvalue weighted by atomic mass is 35.5. The molecule has 8 heteroatoms. The van der Waals surface area contributed by atoms with Crippen LogP contribution in [0.4, 0.5) is 27.5 Å². The molecule has 2 heterocycles. The van der Waals surface area contributed by atoms with Crippen LogP contribution in [0.2, 0.25) is 5.02 Å². The molecule has 6 nitrogen and oxygen atoms in total. The Morgan fingerprint density at radius 3 is 2.52 bits per heavy atom. The lowest BCUT2D eigenvalue weighted by Gasteiger charge is -2.17. The molecule has 1 aliphatic rings. The minimum absolute atomic E-state index is 0.137. The number of nitrogens with zero attached hydrogens (tertiary/aromatic N) is 3. The molecule has 0 bridgehead atoms. The van der Waals surface area contributed by atoms with Gasteiger partial charge in [0.15, 0.2) is 0 Å². The number of carbonyl (C=O) groups excluding carboxylic acids is 1. The fourth-order valence-corrected chi connectivity index (χ4v) is 3.78. The molecule has 0 radical (unpaired) electrons. The number of nitrogens with one attached hydrogen (secondary N) is 2. The highest BCUT2D eigenvalue weighted by molar-refractivity contribution is 6.31. The number of rotatable bonds is 6. The van der Waals surface area contributed by atoms with E-state index < -0.39 is 5.82 Å². The average Bonchev–Trinajstić information content (AvgIpc) is 3.27. The largest absolute Gasteiger partial charge is 0.356 e. The van der Waals surface area contributed by atoms with E-state index in [2.05, 4.69) is 25.5 Å². The van der Waals surface area contributed by atoms with E-state index in [1.807, 2.05) is 25.1 Å². The first-order valence-corrected chi connectivity index (χ1v) is 10.6. The topological polar surface area (TPSA) is 70.2 Å². The molecule has 0 unspecified atom stereocenters. The van der Waals surface area contributed by atoms with Crippen molar-refractivity contribution in [3.63, 3.8) is 0 Å². The number of anilines is 4. The SMILES string of the molecule is Cc1cc(N2CCCC2)nc(Nc2ccc(NC(=O)Cc3c(F)cccc3Cl)cc2)n1. The van der Waals surface area contributed by atoms with Crippen molar-refractivity contribution in [2.75, 3.05) is 28.6 Å².